The number of hydrogen-bond acceptors (Lipinski definition) is 3. The van der Waals surface area contributed by atoms with E-state index in [1.165, 1.54) is 0 Å². The fourth-order valence-electron chi connectivity index (χ4n) is 2.37. The first kappa shape index (κ1) is 17.9. The second-order valence-corrected chi connectivity index (χ2v) is 5.64. The largest absolute Gasteiger partial charge is 0.374 e. The lowest BCUT2D eigenvalue weighted by molar-refractivity contribution is -0.123. The molecule has 0 spiro atoms. The van der Waals surface area contributed by atoms with E-state index in [1.54, 1.807) is 0 Å². The molecule has 0 aliphatic heterocycles. The predicted molar refractivity (Wildman–Crippen MR) is 95.0 cm³/mol. The van der Waals surface area contributed by atoms with Crippen LogP contribution in [0.2, 0.25) is 0 Å². The molecule has 1 N–H and O–H groups in total. The number of amides is 1. The molecular weight excluding hydrogens is 302 g/mol. The summed E-state index contributed by atoms with van der Waals surface area (Å²) in [6.07, 6.45) is 1.45. The first-order valence-electron chi connectivity index (χ1n) is 8.20. The molecule has 2 rings (SSSR count). The third-order valence-electron chi connectivity index (χ3n) is 3.50. The van der Waals surface area contributed by atoms with E-state index in [1.807, 2.05) is 61.5 Å². The van der Waals surface area contributed by atoms with Gasteiger partial charge in [0, 0.05) is 18.7 Å². The average molecular weight is 325 g/mol. The van der Waals surface area contributed by atoms with E-state index in [4.69, 9.17) is 4.74 Å². The molecule has 0 unspecified atom stereocenters. The van der Waals surface area contributed by atoms with Crippen molar-refractivity contribution in [2.24, 2.45) is 0 Å². The maximum absolute atomic E-state index is 12.2. The standard InChI is InChI=1S/C20H23NO3/c1-2-12-24-15-18(22)14-17-10-6-7-11-19(17)21-20(23)13-16-8-4-3-5-9-16/h3-11H,2,12-15H2,1H3,(H,21,23). The number of carbonyl (C=O) groups excluding carboxylic acids is 2. The van der Waals surface area contributed by atoms with Crippen molar-refractivity contribution in [2.75, 3.05) is 18.5 Å². The quantitative estimate of drug-likeness (QED) is 0.719. The molecule has 0 radical (unpaired) electrons. The SMILES string of the molecule is CCCOCC(=O)Cc1ccccc1NC(=O)Cc1ccccc1. The summed E-state index contributed by atoms with van der Waals surface area (Å²) in [6.45, 7) is 2.70. The van der Waals surface area contributed by atoms with Gasteiger partial charge in [0.1, 0.15) is 6.61 Å². The molecule has 0 heterocycles. The van der Waals surface area contributed by atoms with Crippen LogP contribution in [-0.4, -0.2) is 24.9 Å². The zero-order valence-electron chi connectivity index (χ0n) is 14.0. The number of ether oxygens (including phenoxy) is 1. The Morgan fingerprint density at radius 1 is 0.958 bits per heavy atom. The molecule has 0 saturated heterocycles. The van der Waals surface area contributed by atoms with Crippen molar-refractivity contribution < 1.29 is 14.3 Å². The van der Waals surface area contributed by atoms with Crippen LogP contribution in [0.25, 0.3) is 0 Å². The molecule has 0 aliphatic carbocycles. The van der Waals surface area contributed by atoms with Crippen molar-refractivity contribution in [3.63, 3.8) is 0 Å². The van der Waals surface area contributed by atoms with Crippen LogP contribution in [0.4, 0.5) is 5.69 Å². The molecule has 24 heavy (non-hydrogen) atoms. The lowest BCUT2D eigenvalue weighted by Crippen LogP contribution is -2.17. The van der Waals surface area contributed by atoms with E-state index in [9.17, 15) is 9.59 Å². The van der Waals surface area contributed by atoms with Crippen molar-refractivity contribution in [1.29, 1.82) is 0 Å². The topological polar surface area (TPSA) is 55.4 Å². The normalized spacial score (nSPS) is 10.4. The smallest absolute Gasteiger partial charge is 0.228 e. The third kappa shape index (κ3) is 5.97. The molecule has 4 heteroatoms. The summed E-state index contributed by atoms with van der Waals surface area (Å²) >= 11 is 0. The summed E-state index contributed by atoms with van der Waals surface area (Å²) < 4.78 is 5.28. The van der Waals surface area contributed by atoms with Crippen molar-refractivity contribution in [3.8, 4) is 0 Å². The molecule has 0 aliphatic rings. The Bertz CT molecular complexity index is 668. The van der Waals surface area contributed by atoms with Gasteiger partial charge in [-0.3, -0.25) is 9.59 Å². The molecule has 0 fully saturated rings. The van der Waals surface area contributed by atoms with Crippen LogP contribution in [0, 0.1) is 0 Å². The number of ketones is 1. The van der Waals surface area contributed by atoms with E-state index < -0.39 is 0 Å². The van der Waals surface area contributed by atoms with Crippen LogP contribution in [0.15, 0.2) is 54.6 Å². The van der Waals surface area contributed by atoms with Gasteiger partial charge in [-0.25, -0.2) is 0 Å². The monoisotopic (exact) mass is 325 g/mol. The van der Waals surface area contributed by atoms with Crippen LogP contribution in [0.3, 0.4) is 0 Å². The highest BCUT2D eigenvalue weighted by atomic mass is 16.5. The Hall–Kier alpha value is -2.46. The fraction of sp³-hybridized carbons (Fsp3) is 0.300. The van der Waals surface area contributed by atoms with E-state index >= 15 is 0 Å². The van der Waals surface area contributed by atoms with Crippen LogP contribution < -0.4 is 5.32 Å². The van der Waals surface area contributed by atoms with Gasteiger partial charge in [-0.2, -0.15) is 0 Å². The number of hydrogen-bond donors (Lipinski definition) is 1. The highest BCUT2D eigenvalue weighted by Gasteiger charge is 2.11. The lowest BCUT2D eigenvalue weighted by atomic mass is 10.1. The van der Waals surface area contributed by atoms with E-state index in [-0.39, 0.29) is 24.7 Å². The second-order valence-electron chi connectivity index (χ2n) is 5.64. The predicted octanol–water partition coefficient (Wildman–Crippen LogP) is 3.41. The number of benzene rings is 2. The molecule has 0 atom stereocenters. The van der Waals surface area contributed by atoms with Gasteiger partial charge in [0.05, 0.1) is 6.42 Å². The van der Waals surface area contributed by atoms with E-state index in [0.717, 1.165) is 17.5 Å². The van der Waals surface area contributed by atoms with Crippen LogP contribution in [0.5, 0.6) is 0 Å². The highest BCUT2D eigenvalue weighted by Crippen LogP contribution is 2.16. The van der Waals surface area contributed by atoms with Gasteiger partial charge in [0.25, 0.3) is 0 Å². The number of para-hydroxylation sites is 1. The summed E-state index contributed by atoms with van der Waals surface area (Å²) in [5.41, 5.74) is 2.45. The summed E-state index contributed by atoms with van der Waals surface area (Å²) in [6, 6.07) is 17.0. The number of rotatable bonds is 9. The average Bonchev–Trinajstić information content (AvgIpc) is 2.58. The first-order valence-corrected chi connectivity index (χ1v) is 8.20. The number of carbonyl (C=O) groups is 2. The fourth-order valence-corrected chi connectivity index (χ4v) is 2.37. The molecule has 0 bridgehead atoms. The van der Waals surface area contributed by atoms with Crippen molar-refractivity contribution >= 4 is 17.4 Å². The Morgan fingerprint density at radius 2 is 1.67 bits per heavy atom. The van der Waals surface area contributed by atoms with Gasteiger partial charge < -0.3 is 10.1 Å². The molecular formula is C20H23NO3. The minimum Gasteiger partial charge on any atom is -0.374 e. The summed E-state index contributed by atoms with van der Waals surface area (Å²) in [5.74, 6) is -0.0865. The van der Waals surface area contributed by atoms with Crippen molar-refractivity contribution in [3.05, 3.63) is 65.7 Å². The Kier molecular flexibility index (Phi) is 7.18. The molecule has 1 amide bonds. The van der Waals surface area contributed by atoms with Gasteiger partial charge >= 0.3 is 0 Å². The molecule has 4 nitrogen and oxygen atoms in total. The van der Waals surface area contributed by atoms with Crippen LogP contribution in [-0.2, 0) is 27.2 Å². The second kappa shape index (κ2) is 9.63. The Balaban J connectivity index is 1.95. The molecule has 0 aromatic heterocycles. The number of nitrogens with one attached hydrogen (secondary N) is 1. The molecule has 0 saturated carbocycles. The third-order valence-corrected chi connectivity index (χ3v) is 3.50. The highest BCUT2D eigenvalue weighted by molar-refractivity contribution is 5.94. The minimum absolute atomic E-state index is 0.00760. The minimum atomic E-state index is -0.0941. The van der Waals surface area contributed by atoms with Gasteiger partial charge in [0.2, 0.25) is 5.91 Å². The molecule has 2 aromatic carbocycles. The summed E-state index contributed by atoms with van der Waals surface area (Å²) in [5, 5.41) is 2.90. The molecule has 2 aromatic rings. The zero-order valence-corrected chi connectivity index (χ0v) is 14.0. The van der Waals surface area contributed by atoms with Crippen molar-refractivity contribution in [1.82, 2.24) is 0 Å². The Morgan fingerprint density at radius 3 is 2.42 bits per heavy atom. The van der Waals surface area contributed by atoms with Gasteiger partial charge in [-0.05, 0) is 23.6 Å². The van der Waals surface area contributed by atoms with Gasteiger partial charge in [-0.1, -0.05) is 55.5 Å². The van der Waals surface area contributed by atoms with E-state index in [0.29, 0.717) is 18.7 Å². The molecule has 126 valence electrons. The summed E-state index contributed by atoms with van der Waals surface area (Å²) in [4.78, 5) is 24.2. The maximum Gasteiger partial charge on any atom is 0.228 e. The summed E-state index contributed by atoms with van der Waals surface area (Å²) in [7, 11) is 0. The number of Topliss-reactive ketones (excluding diaryl/α,β-unsaturated/α-hetero) is 1. The van der Waals surface area contributed by atoms with Gasteiger partial charge in [0.15, 0.2) is 5.78 Å². The van der Waals surface area contributed by atoms with E-state index in [2.05, 4.69) is 5.32 Å². The van der Waals surface area contributed by atoms with Crippen LogP contribution >= 0.6 is 0 Å². The number of anilines is 1. The van der Waals surface area contributed by atoms with Crippen LogP contribution in [0.1, 0.15) is 24.5 Å². The maximum atomic E-state index is 12.2. The van der Waals surface area contributed by atoms with Crippen molar-refractivity contribution in [2.45, 2.75) is 26.2 Å². The zero-order chi connectivity index (χ0) is 17.2. The first-order chi connectivity index (χ1) is 11.7. The lowest BCUT2D eigenvalue weighted by Gasteiger charge is -2.11. The van der Waals surface area contributed by atoms with Gasteiger partial charge in [-0.15, -0.1) is 0 Å². The Labute approximate surface area is 142 Å².